The summed E-state index contributed by atoms with van der Waals surface area (Å²) in [6, 6.07) is 28.1. The first-order valence-corrected chi connectivity index (χ1v) is 10.3. The molecule has 3 aromatic rings. The molecule has 0 aromatic heterocycles. The molecule has 0 amide bonds. The Bertz CT molecular complexity index is 887. The van der Waals surface area contributed by atoms with E-state index in [1.165, 1.54) is 33.4 Å². The van der Waals surface area contributed by atoms with Crippen molar-refractivity contribution >= 4 is 11.1 Å². The van der Waals surface area contributed by atoms with Crippen molar-refractivity contribution in [2.75, 3.05) is 6.61 Å². The summed E-state index contributed by atoms with van der Waals surface area (Å²) in [4.78, 5) is 0. The van der Waals surface area contributed by atoms with E-state index in [9.17, 15) is 0 Å². The van der Waals surface area contributed by atoms with Gasteiger partial charge in [-0.1, -0.05) is 92.6 Å². The van der Waals surface area contributed by atoms with Gasteiger partial charge in [0.2, 0.25) is 0 Å². The molecule has 144 valence electrons. The Labute approximate surface area is 169 Å². The van der Waals surface area contributed by atoms with Crippen LogP contribution in [0.2, 0.25) is 0 Å². The van der Waals surface area contributed by atoms with Gasteiger partial charge in [-0.3, -0.25) is 0 Å². The molecule has 0 spiro atoms. The van der Waals surface area contributed by atoms with Crippen LogP contribution >= 0.6 is 0 Å². The number of hydrogen-bond donors (Lipinski definition) is 0. The quantitative estimate of drug-likeness (QED) is 0.294. The molecule has 0 saturated carbocycles. The second-order valence-corrected chi connectivity index (χ2v) is 7.17. The fourth-order valence-electron chi connectivity index (χ4n) is 3.45. The van der Waals surface area contributed by atoms with Crippen molar-refractivity contribution in [3.63, 3.8) is 0 Å². The Morgan fingerprint density at radius 2 is 1.32 bits per heavy atom. The predicted molar refractivity (Wildman–Crippen MR) is 121 cm³/mol. The summed E-state index contributed by atoms with van der Waals surface area (Å²) in [5, 5.41) is 0. The fourth-order valence-corrected chi connectivity index (χ4v) is 3.45. The number of benzene rings is 3. The van der Waals surface area contributed by atoms with E-state index in [0.29, 0.717) is 0 Å². The lowest BCUT2D eigenvalue weighted by molar-refractivity contribution is 0.309. The summed E-state index contributed by atoms with van der Waals surface area (Å²) < 4.78 is 5.86. The Balaban J connectivity index is 2.06. The molecule has 1 nitrogen and oxygen atoms in total. The SMILES string of the molecule is CCCCOc1ccc(C(=C(CC)c2ccccc2)c2ccc(C)cc2)cc1. The minimum Gasteiger partial charge on any atom is -0.494 e. The van der Waals surface area contributed by atoms with Crippen LogP contribution in [-0.4, -0.2) is 6.61 Å². The number of hydrogen-bond acceptors (Lipinski definition) is 1. The molecule has 0 atom stereocenters. The molecule has 0 unspecified atom stereocenters. The van der Waals surface area contributed by atoms with Gasteiger partial charge in [0.15, 0.2) is 0 Å². The van der Waals surface area contributed by atoms with E-state index in [1.54, 1.807) is 0 Å². The first-order chi connectivity index (χ1) is 13.7. The van der Waals surface area contributed by atoms with E-state index in [-0.39, 0.29) is 0 Å². The molecule has 0 N–H and O–H groups in total. The van der Waals surface area contributed by atoms with Crippen LogP contribution in [0.5, 0.6) is 5.75 Å². The van der Waals surface area contributed by atoms with Gasteiger partial charge in [-0.25, -0.2) is 0 Å². The van der Waals surface area contributed by atoms with Crippen molar-refractivity contribution in [1.82, 2.24) is 0 Å². The van der Waals surface area contributed by atoms with E-state index >= 15 is 0 Å². The third kappa shape index (κ3) is 4.92. The predicted octanol–water partition coefficient (Wildman–Crippen LogP) is 7.54. The fraction of sp³-hybridized carbons (Fsp3) is 0.259. The summed E-state index contributed by atoms with van der Waals surface area (Å²) in [6.45, 7) is 7.33. The Hall–Kier alpha value is -2.80. The van der Waals surface area contributed by atoms with Crippen LogP contribution in [-0.2, 0) is 0 Å². The molecule has 0 aliphatic rings. The minimum atomic E-state index is 0.779. The zero-order valence-corrected chi connectivity index (χ0v) is 17.2. The second kappa shape index (κ2) is 9.94. The lowest BCUT2D eigenvalue weighted by Gasteiger charge is -2.17. The van der Waals surface area contributed by atoms with E-state index in [2.05, 4.69) is 99.6 Å². The monoisotopic (exact) mass is 370 g/mol. The van der Waals surface area contributed by atoms with Gasteiger partial charge in [-0.2, -0.15) is 0 Å². The van der Waals surface area contributed by atoms with Crippen LogP contribution in [0.1, 0.15) is 55.4 Å². The normalized spacial score (nSPS) is 11.8. The highest BCUT2D eigenvalue weighted by atomic mass is 16.5. The highest BCUT2D eigenvalue weighted by Gasteiger charge is 2.13. The second-order valence-electron chi connectivity index (χ2n) is 7.17. The van der Waals surface area contributed by atoms with Crippen LogP contribution in [0.25, 0.3) is 11.1 Å². The topological polar surface area (TPSA) is 9.23 Å². The molecule has 0 fully saturated rings. The maximum atomic E-state index is 5.86. The average molecular weight is 371 g/mol. The summed E-state index contributed by atoms with van der Waals surface area (Å²) in [5.74, 6) is 0.943. The standard InChI is InChI=1S/C27H30O/c1-4-6-20-28-25-18-16-24(17-19-25)27(23-14-12-21(3)13-15-23)26(5-2)22-10-8-7-9-11-22/h7-19H,4-6,20H2,1-3H3. The molecule has 3 rings (SSSR count). The molecule has 0 aliphatic carbocycles. The summed E-state index contributed by atoms with van der Waals surface area (Å²) in [5.41, 5.74) is 7.71. The lowest BCUT2D eigenvalue weighted by Crippen LogP contribution is -1.98. The van der Waals surface area contributed by atoms with Gasteiger partial charge in [0.25, 0.3) is 0 Å². The number of rotatable bonds is 8. The largest absolute Gasteiger partial charge is 0.494 e. The highest BCUT2D eigenvalue weighted by Crippen LogP contribution is 2.35. The van der Waals surface area contributed by atoms with Crippen LogP contribution in [0, 0.1) is 6.92 Å². The molecule has 0 bridgehead atoms. The summed E-state index contributed by atoms with van der Waals surface area (Å²) in [6.07, 6.45) is 3.21. The van der Waals surface area contributed by atoms with Crippen molar-refractivity contribution in [3.05, 3.63) is 101 Å². The van der Waals surface area contributed by atoms with E-state index in [4.69, 9.17) is 4.74 Å². The molecule has 28 heavy (non-hydrogen) atoms. The minimum absolute atomic E-state index is 0.779. The zero-order chi connectivity index (χ0) is 19.8. The molecule has 0 saturated heterocycles. The maximum absolute atomic E-state index is 5.86. The molecule has 0 aliphatic heterocycles. The first kappa shape index (κ1) is 19.9. The van der Waals surface area contributed by atoms with E-state index in [1.807, 2.05) is 0 Å². The van der Waals surface area contributed by atoms with Crippen LogP contribution < -0.4 is 4.74 Å². The Morgan fingerprint density at radius 1 is 0.714 bits per heavy atom. The Kier molecular flexibility index (Phi) is 7.08. The first-order valence-electron chi connectivity index (χ1n) is 10.3. The molecule has 3 aromatic carbocycles. The van der Waals surface area contributed by atoms with Gasteiger partial charge in [-0.05, 0) is 59.7 Å². The smallest absolute Gasteiger partial charge is 0.119 e. The number of unbranched alkanes of at least 4 members (excludes halogenated alkanes) is 1. The third-order valence-corrected chi connectivity index (χ3v) is 5.03. The maximum Gasteiger partial charge on any atom is 0.119 e. The van der Waals surface area contributed by atoms with E-state index in [0.717, 1.165) is 31.6 Å². The van der Waals surface area contributed by atoms with Crippen molar-refractivity contribution in [2.45, 2.75) is 40.0 Å². The Morgan fingerprint density at radius 3 is 1.89 bits per heavy atom. The molecule has 0 heterocycles. The summed E-state index contributed by atoms with van der Waals surface area (Å²) in [7, 11) is 0. The van der Waals surface area contributed by atoms with Gasteiger partial charge >= 0.3 is 0 Å². The number of ether oxygens (including phenoxy) is 1. The van der Waals surface area contributed by atoms with Crippen molar-refractivity contribution in [3.8, 4) is 5.75 Å². The van der Waals surface area contributed by atoms with Crippen LogP contribution in [0.3, 0.4) is 0 Å². The van der Waals surface area contributed by atoms with Crippen molar-refractivity contribution < 1.29 is 4.74 Å². The molecular formula is C27H30O. The van der Waals surface area contributed by atoms with Gasteiger partial charge in [0, 0.05) is 0 Å². The van der Waals surface area contributed by atoms with Crippen LogP contribution in [0.15, 0.2) is 78.9 Å². The highest BCUT2D eigenvalue weighted by molar-refractivity contribution is 5.98. The van der Waals surface area contributed by atoms with Gasteiger partial charge < -0.3 is 4.74 Å². The molecule has 1 heteroatoms. The van der Waals surface area contributed by atoms with Gasteiger partial charge in [0.05, 0.1) is 6.61 Å². The number of allylic oxidation sites excluding steroid dienone is 1. The number of aryl methyl sites for hydroxylation is 1. The third-order valence-electron chi connectivity index (χ3n) is 5.03. The molecular weight excluding hydrogens is 340 g/mol. The van der Waals surface area contributed by atoms with Crippen molar-refractivity contribution in [1.29, 1.82) is 0 Å². The average Bonchev–Trinajstić information content (AvgIpc) is 2.74. The van der Waals surface area contributed by atoms with Gasteiger partial charge in [-0.15, -0.1) is 0 Å². The van der Waals surface area contributed by atoms with Gasteiger partial charge in [0.1, 0.15) is 5.75 Å². The van der Waals surface area contributed by atoms with E-state index < -0.39 is 0 Å². The summed E-state index contributed by atoms with van der Waals surface area (Å²) >= 11 is 0. The molecule has 0 radical (unpaired) electrons. The zero-order valence-electron chi connectivity index (χ0n) is 17.2. The lowest BCUT2D eigenvalue weighted by atomic mass is 9.88. The van der Waals surface area contributed by atoms with Crippen LogP contribution in [0.4, 0.5) is 0 Å². The van der Waals surface area contributed by atoms with Crippen molar-refractivity contribution in [2.24, 2.45) is 0 Å².